The van der Waals surface area contributed by atoms with Crippen molar-refractivity contribution in [1.82, 2.24) is 29.8 Å². The molecule has 0 bridgehead atoms. The van der Waals surface area contributed by atoms with Crippen LogP contribution in [0.3, 0.4) is 0 Å². The Labute approximate surface area is 177 Å². The van der Waals surface area contributed by atoms with Crippen LogP contribution in [0.15, 0.2) is 47.1 Å². The molecule has 0 aliphatic heterocycles. The molecule has 3 heterocycles. The normalized spacial score (nSPS) is 11.1. The van der Waals surface area contributed by atoms with Crippen molar-refractivity contribution in [1.29, 1.82) is 0 Å². The molecule has 0 aliphatic rings. The number of aromatic nitrogens is 6. The Bertz CT molecular complexity index is 1190. The summed E-state index contributed by atoms with van der Waals surface area (Å²) in [5, 5.41) is 19.4. The van der Waals surface area contributed by atoms with Gasteiger partial charge in [0.15, 0.2) is 0 Å². The molecular formula is C21H22FN7O2. The summed E-state index contributed by atoms with van der Waals surface area (Å²) in [7, 11) is 0. The van der Waals surface area contributed by atoms with Gasteiger partial charge in [-0.1, -0.05) is 18.2 Å². The van der Waals surface area contributed by atoms with Crippen LogP contribution in [0.4, 0.5) is 10.1 Å². The molecule has 0 fully saturated rings. The van der Waals surface area contributed by atoms with Crippen molar-refractivity contribution in [2.45, 2.75) is 39.8 Å². The highest BCUT2D eigenvalue weighted by Gasteiger charge is 2.15. The van der Waals surface area contributed by atoms with Crippen LogP contribution in [-0.4, -0.2) is 35.7 Å². The SMILES string of the molecule is CCn1nc(C)cc1-c1nnc(CCC(=O)Nc2cnn(Cc3ccccc3F)c2)o1. The highest BCUT2D eigenvalue weighted by atomic mass is 19.1. The molecule has 10 heteroatoms. The molecule has 4 rings (SSSR count). The summed E-state index contributed by atoms with van der Waals surface area (Å²) < 4.78 is 22.8. The van der Waals surface area contributed by atoms with Gasteiger partial charge in [-0.15, -0.1) is 10.2 Å². The molecule has 0 aliphatic carbocycles. The van der Waals surface area contributed by atoms with E-state index in [1.807, 2.05) is 19.9 Å². The number of hydrogen-bond acceptors (Lipinski definition) is 6. The van der Waals surface area contributed by atoms with Crippen molar-refractivity contribution < 1.29 is 13.6 Å². The van der Waals surface area contributed by atoms with E-state index in [-0.39, 0.29) is 24.7 Å². The van der Waals surface area contributed by atoms with Gasteiger partial charge in [-0.3, -0.25) is 14.2 Å². The van der Waals surface area contributed by atoms with Crippen molar-refractivity contribution in [2.75, 3.05) is 5.32 Å². The maximum Gasteiger partial charge on any atom is 0.265 e. The first kappa shape index (κ1) is 20.5. The predicted octanol–water partition coefficient (Wildman–Crippen LogP) is 3.22. The van der Waals surface area contributed by atoms with E-state index in [1.54, 1.807) is 33.8 Å². The van der Waals surface area contributed by atoms with E-state index in [9.17, 15) is 9.18 Å². The summed E-state index contributed by atoms with van der Waals surface area (Å²) in [6.45, 7) is 4.85. The lowest BCUT2D eigenvalue weighted by Crippen LogP contribution is -2.12. The molecule has 1 N–H and O–H groups in total. The zero-order valence-electron chi connectivity index (χ0n) is 17.2. The first-order valence-electron chi connectivity index (χ1n) is 9.94. The molecule has 3 aromatic heterocycles. The molecule has 0 radical (unpaired) electrons. The van der Waals surface area contributed by atoms with E-state index < -0.39 is 0 Å². The van der Waals surface area contributed by atoms with E-state index in [1.165, 1.54) is 12.3 Å². The monoisotopic (exact) mass is 423 g/mol. The number of carbonyl (C=O) groups is 1. The summed E-state index contributed by atoms with van der Waals surface area (Å²) in [5.41, 5.74) is 2.68. The Morgan fingerprint density at radius 3 is 2.90 bits per heavy atom. The Morgan fingerprint density at radius 2 is 2.10 bits per heavy atom. The van der Waals surface area contributed by atoms with E-state index in [0.717, 1.165) is 11.4 Å². The van der Waals surface area contributed by atoms with Gasteiger partial charge in [0, 0.05) is 31.1 Å². The topological polar surface area (TPSA) is 104 Å². The fraction of sp³-hybridized carbons (Fsp3) is 0.286. The third-order valence-corrected chi connectivity index (χ3v) is 4.66. The van der Waals surface area contributed by atoms with Crippen molar-refractivity contribution in [3.63, 3.8) is 0 Å². The zero-order chi connectivity index (χ0) is 21.8. The van der Waals surface area contributed by atoms with Crippen molar-refractivity contribution in [2.24, 2.45) is 0 Å². The van der Waals surface area contributed by atoms with E-state index >= 15 is 0 Å². The van der Waals surface area contributed by atoms with Gasteiger partial charge >= 0.3 is 0 Å². The molecule has 9 nitrogen and oxygen atoms in total. The fourth-order valence-electron chi connectivity index (χ4n) is 3.18. The van der Waals surface area contributed by atoms with Crippen molar-refractivity contribution in [3.8, 4) is 11.6 Å². The van der Waals surface area contributed by atoms with Gasteiger partial charge in [0.2, 0.25) is 11.8 Å². The second kappa shape index (κ2) is 8.90. The number of benzene rings is 1. The number of anilines is 1. The highest BCUT2D eigenvalue weighted by Crippen LogP contribution is 2.20. The fourth-order valence-corrected chi connectivity index (χ4v) is 3.18. The number of carbonyl (C=O) groups excluding carboxylic acids is 1. The third-order valence-electron chi connectivity index (χ3n) is 4.66. The molecule has 0 saturated heterocycles. The minimum atomic E-state index is -0.292. The molecule has 0 spiro atoms. The van der Waals surface area contributed by atoms with Crippen LogP contribution in [0, 0.1) is 12.7 Å². The van der Waals surface area contributed by atoms with E-state index in [2.05, 4.69) is 25.7 Å². The van der Waals surface area contributed by atoms with Crippen LogP contribution in [0.25, 0.3) is 11.6 Å². The third kappa shape index (κ3) is 4.85. The Balaban J connectivity index is 1.32. The van der Waals surface area contributed by atoms with Crippen LogP contribution in [0.2, 0.25) is 0 Å². The lowest BCUT2D eigenvalue weighted by molar-refractivity contribution is -0.116. The first-order valence-corrected chi connectivity index (χ1v) is 9.94. The molecule has 0 saturated carbocycles. The lowest BCUT2D eigenvalue weighted by Gasteiger charge is -2.03. The van der Waals surface area contributed by atoms with E-state index in [4.69, 9.17) is 4.42 Å². The maximum atomic E-state index is 13.8. The van der Waals surface area contributed by atoms with Crippen molar-refractivity contribution >= 4 is 11.6 Å². The molecule has 31 heavy (non-hydrogen) atoms. The number of nitrogens with one attached hydrogen (secondary N) is 1. The Hall–Kier alpha value is -3.82. The second-order valence-electron chi connectivity index (χ2n) is 7.05. The number of aryl methyl sites for hydroxylation is 3. The summed E-state index contributed by atoms with van der Waals surface area (Å²) in [4.78, 5) is 12.3. The quantitative estimate of drug-likeness (QED) is 0.467. The second-order valence-corrected chi connectivity index (χ2v) is 7.05. The average molecular weight is 423 g/mol. The predicted molar refractivity (Wildman–Crippen MR) is 111 cm³/mol. The molecule has 0 unspecified atom stereocenters. The van der Waals surface area contributed by atoms with Gasteiger partial charge in [-0.05, 0) is 26.0 Å². The van der Waals surface area contributed by atoms with Gasteiger partial charge in [0.1, 0.15) is 11.5 Å². The van der Waals surface area contributed by atoms with Crippen molar-refractivity contribution in [3.05, 3.63) is 65.7 Å². The van der Waals surface area contributed by atoms with Crippen LogP contribution in [0.1, 0.15) is 30.5 Å². The Kier molecular flexibility index (Phi) is 5.87. The van der Waals surface area contributed by atoms with Crippen LogP contribution >= 0.6 is 0 Å². The molecule has 1 aromatic carbocycles. The minimum Gasteiger partial charge on any atom is -0.419 e. The number of rotatable bonds is 8. The number of halogens is 1. The summed E-state index contributed by atoms with van der Waals surface area (Å²) in [5.74, 6) is 0.258. The highest BCUT2D eigenvalue weighted by molar-refractivity contribution is 5.90. The molecular weight excluding hydrogens is 401 g/mol. The van der Waals surface area contributed by atoms with Crippen LogP contribution < -0.4 is 5.32 Å². The van der Waals surface area contributed by atoms with E-state index in [0.29, 0.717) is 36.0 Å². The standard InChI is InChI=1S/C21H22FN7O2/c1-3-29-18(10-14(2)27-29)21-26-25-20(31-21)9-8-19(30)24-16-11-23-28(13-16)12-15-6-4-5-7-17(15)22/h4-7,10-11,13H,3,8-9,12H2,1-2H3,(H,24,30). The summed E-state index contributed by atoms with van der Waals surface area (Å²) in [6.07, 6.45) is 3.66. The summed E-state index contributed by atoms with van der Waals surface area (Å²) >= 11 is 0. The Morgan fingerprint density at radius 1 is 1.26 bits per heavy atom. The zero-order valence-corrected chi connectivity index (χ0v) is 17.2. The molecule has 4 aromatic rings. The number of hydrogen-bond donors (Lipinski definition) is 1. The smallest absolute Gasteiger partial charge is 0.265 e. The first-order chi connectivity index (χ1) is 15.0. The minimum absolute atomic E-state index is 0.173. The van der Waals surface area contributed by atoms with Crippen LogP contribution in [-0.2, 0) is 24.3 Å². The van der Waals surface area contributed by atoms with Gasteiger partial charge in [-0.2, -0.15) is 10.2 Å². The molecule has 160 valence electrons. The number of amides is 1. The van der Waals surface area contributed by atoms with Gasteiger partial charge in [-0.25, -0.2) is 4.39 Å². The van der Waals surface area contributed by atoms with Gasteiger partial charge in [0.25, 0.3) is 5.89 Å². The largest absolute Gasteiger partial charge is 0.419 e. The number of nitrogens with zero attached hydrogens (tertiary/aromatic N) is 6. The molecule has 1 amide bonds. The maximum absolute atomic E-state index is 13.8. The summed E-state index contributed by atoms with van der Waals surface area (Å²) in [6, 6.07) is 8.39. The van der Waals surface area contributed by atoms with Crippen LogP contribution in [0.5, 0.6) is 0 Å². The van der Waals surface area contributed by atoms with Gasteiger partial charge < -0.3 is 9.73 Å². The molecule has 0 atom stereocenters. The lowest BCUT2D eigenvalue weighted by atomic mass is 10.2. The van der Waals surface area contributed by atoms with Gasteiger partial charge in [0.05, 0.1) is 24.1 Å². The average Bonchev–Trinajstić information content (AvgIpc) is 3.48.